The first kappa shape index (κ1) is 17.1. The van der Waals surface area contributed by atoms with Gasteiger partial charge in [0.05, 0.1) is 12.6 Å². The summed E-state index contributed by atoms with van der Waals surface area (Å²) in [5.41, 5.74) is 1.20. The molecule has 0 fully saturated rings. The monoisotopic (exact) mass is 362 g/mol. The Hall–Kier alpha value is -1.73. The van der Waals surface area contributed by atoms with Gasteiger partial charge < -0.3 is 15.4 Å². The summed E-state index contributed by atoms with van der Waals surface area (Å²) in [5, 5.41) is 8.92. The Labute approximate surface area is 150 Å². The second kappa shape index (κ2) is 8.94. The number of thioether (sulfide) groups is 1. The van der Waals surface area contributed by atoms with Gasteiger partial charge in [0, 0.05) is 42.9 Å². The van der Waals surface area contributed by atoms with Crippen LogP contribution in [0.4, 0.5) is 0 Å². The molecule has 1 atom stereocenters. The maximum absolute atomic E-state index is 5.71. The number of fused-ring (bicyclic) bond motifs is 1. The first-order chi connectivity index (χ1) is 11.9. The predicted molar refractivity (Wildman–Crippen MR) is 101 cm³/mol. The largest absolute Gasteiger partial charge is 0.493 e. The number of guanidine groups is 1. The number of hydrogen-bond acceptors (Lipinski definition) is 5. The standard InChI is InChI=1S/C17H22N4OS2/c1-18-16(19-8-4-11-23-17-20-9-12-24-17)21-14-7-10-22-15-6-3-2-5-13(14)15/h2-3,5-6,9,12,14H,4,7-8,10-11H2,1H3,(H2,18,19,21). The number of aliphatic imine (C=N–C) groups is 1. The van der Waals surface area contributed by atoms with Gasteiger partial charge in [0.25, 0.3) is 0 Å². The van der Waals surface area contributed by atoms with Crippen LogP contribution in [0.5, 0.6) is 5.75 Å². The average Bonchev–Trinajstić information content (AvgIpc) is 3.14. The predicted octanol–water partition coefficient (Wildman–Crippen LogP) is 3.31. The number of nitrogens with one attached hydrogen (secondary N) is 2. The maximum Gasteiger partial charge on any atom is 0.191 e. The summed E-state index contributed by atoms with van der Waals surface area (Å²) in [6.07, 6.45) is 3.86. The van der Waals surface area contributed by atoms with Crippen LogP contribution >= 0.6 is 23.1 Å². The quantitative estimate of drug-likeness (QED) is 0.357. The van der Waals surface area contributed by atoms with Crippen molar-refractivity contribution in [3.8, 4) is 5.75 Å². The van der Waals surface area contributed by atoms with Crippen molar-refractivity contribution in [1.29, 1.82) is 0 Å². The second-order valence-electron chi connectivity index (χ2n) is 5.37. The van der Waals surface area contributed by atoms with Gasteiger partial charge in [-0.2, -0.15) is 0 Å². The van der Waals surface area contributed by atoms with Gasteiger partial charge in [0.1, 0.15) is 10.1 Å². The molecule has 5 nitrogen and oxygen atoms in total. The Morgan fingerprint density at radius 3 is 3.21 bits per heavy atom. The Balaban J connectivity index is 1.44. The highest BCUT2D eigenvalue weighted by atomic mass is 32.2. The molecule has 3 rings (SSSR count). The summed E-state index contributed by atoms with van der Waals surface area (Å²) >= 11 is 3.50. The normalized spacial score (nSPS) is 17.0. The number of ether oxygens (including phenoxy) is 1. The molecule has 7 heteroatoms. The number of aromatic nitrogens is 1. The molecule has 1 aromatic heterocycles. The van der Waals surface area contributed by atoms with Gasteiger partial charge in [-0.1, -0.05) is 30.0 Å². The van der Waals surface area contributed by atoms with Gasteiger partial charge in [-0.25, -0.2) is 4.98 Å². The van der Waals surface area contributed by atoms with Crippen molar-refractivity contribution in [1.82, 2.24) is 15.6 Å². The molecule has 128 valence electrons. The van der Waals surface area contributed by atoms with Gasteiger partial charge in [0.15, 0.2) is 5.96 Å². The molecule has 0 bridgehead atoms. The van der Waals surface area contributed by atoms with Crippen molar-refractivity contribution in [3.63, 3.8) is 0 Å². The molecule has 1 aliphatic rings. The van der Waals surface area contributed by atoms with E-state index >= 15 is 0 Å². The lowest BCUT2D eigenvalue weighted by Crippen LogP contribution is -2.41. The molecule has 1 unspecified atom stereocenters. The van der Waals surface area contributed by atoms with Crippen LogP contribution in [0, 0.1) is 0 Å². The number of para-hydroxylation sites is 1. The smallest absolute Gasteiger partial charge is 0.191 e. The number of benzene rings is 1. The Kier molecular flexibility index (Phi) is 6.37. The molecule has 1 aliphatic heterocycles. The Morgan fingerprint density at radius 1 is 1.46 bits per heavy atom. The van der Waals surface area contributed by atoms with E-state index in [9.17, 15) is 0 Å². The van der Waals surface area contributed by atoms with E-state index in [2.05, 4.69) is 26.7 Å². The molecule has 0 spiro atoms. The average molecular weight is 363 g/mol. The SMILES string of the molecule is CN=C(NCCCSc1nccs1)NC1CCOc2ccccc21. The van der Waals surface area contributed by atoms with E-state index in [0.717, 1.165) is 47.8 Å². The molecule has 2 aromatic rings. The summed E-state index contributed by atoms with van der Waals surface area (Å²) in [7, 11) is 1.81. The van der Waals surface area contributed by atoms with Crippen LogP contribution in [-0.4, -0.2) is 36.9 Å². The van der Waals surface area contributed by atoms with Gasteiger partial charge >= 0.3 is 0 Å². The number of thiazole rings is 1. The van der Waals surface area contributed by atoms with Gasteiger partial charge in [-0.05, 0) is 12.5 Å². The van der Waals surface area contributed by atoms with Crippen LogP contribution in [0.2, 0.25) is 0 Å². The van der Waals surface area contributed by atoms with E-state index in [0.29, 0.717) is 0 Å². The molecule has 0 saturated carbocycles. The molecule has 1 aromatic carbocycles. The van der Waals surface area contributed by atoms with Crippen LogP contribution in [0.1, 0.15) is 24.4 Å². The highest BCUT2D eigenvalue weighted by molar-refractivity contribution is 8.00. The van der Waals surface area contributed by atoms with Crippen molar-refractivity contribution in [2.24, 2.45) is 4.99 Å². The zero-order valence-corrected chi connectivity index (χ0v) is 15.3. The molecule has 0 saturated heterocycles. The highest BCUT2D eigenvalue weighted by Gasteiger charge is 2.21. The van der Waals surface area contributed by atoms with E-state index in [-0.39, 0.29) is 6.04 Å². The lowest BCUT2D eigenvalue weighted by Gasteiger charge is -2.28. The summed E-state index contributed by atoms with van der Waals surface area (Å²) in [4.78, 5) is 8.62. The summed E-state index contributed by atoms with van der Waals surface area (Å²) in [6.45, 7) is 1.62. The topological polar surface area (TPSA) is 58.5 Å². The first-order valence-electron chi connectivity index (χ1n) is 8.08. The lowest BCUT2D eigenvalue weighted by molar-refractivity contribution is 0.261. The van der Waals surface area contributed by atoms with Gasteiger partial charge in [-0.3, -0.25) is 4.99 Å². The van der Waals surface area contributed by atoms with E-state index in [4.69, 9.17) is 4.74 Å². The molecule has 0 radical (unpaired) electrons. The van der Waals surface area contributed by atoms with Crippen molar-refractivity contribution in [3.05, 3.63) is 41.4 Å². The Bertz CT molecular complexity index is 660. The zero-order chi connectivity index (χ0) is 16.6. The van der Waals surface area contributed by atoms with Crippen LogP contribution in [-0.2, 0) is 0 Å². The molecular formula is C17H22N4OS2. The summed E-state index contributed by atoms with van der Waals surface area (Å²) in [5.74, 6) is 2.87. The molecule has 2 heterocycles. The minimum absolute atomic E-state index is 0.242. The summed E-state index contributed by atoms with van der Waals surface area (Å²) in [6, 6.07) is 8.44. The minimum Gasteiger partial charge on any atom is -0.493 e. The van der Waals surface area contributed by atoms with Crippen molar-refractivity contribution in [2.45, 2.75) is 23.2 Å². The van der Waals surface area contributed by atoms with Crippen LogP contribution < -0.4 is 15.4 Å². The van der Waals surface area contributed by atoms with Crippen LogP contribution in [0.3, 0.4) is 0 Å². The Morgan fingerprint density at radius 2 is 2.38 bits per heavy atom. The molecule has 0 amide bonds. The third-order valence-corrected chi connectivity index (χ3v) is 5.79. The first-order valence-corrected chi connectivity index (χ1v) is 9.94. The lowest BCUT2D eigenvalue weighted by atomic mass is 10.0. The van der Waals surface area contributed by atoms with Gasteiger partial charge in [-0.15, -0.1) is 11.3 Å². The van der Waals surface area contributed by atoms with Gasteiger partial charge in [0.2, 0.25) is 0 Å². The third kappa shape index (κ3) is 4.64. The number of hydrogen-bond donors (Lipinski definition) is 2. The summed E-state index contributed by atoms with van der Waals surface area (Å²) < 4.78 is 6.84. The van der Waals surface area contributed by atoms with E-state index < -0.39 is 0 Å². The van der Waals surface area contributed by atoms with Crippen molar-refractivity contribution < 1.29 is 4.74 Å². The maximum atomic E-state index is 5.71. The van der Waals surface area contributed by atoms with E-state index in [1.54, 1.807) is 23.1 Å². The fourth-order valence-electron chi connectivity index (χ4n) is 2.57. The minimum atomic E-state index is 0.242. The van der Waals surface area contributed by atoms with E-state index in [1.165, 1.54) is 5.56 Å². The second-order valence-corrected chi connectivity index (χ2v) is 7.61. The van der Waals surface area contributed by atoms with Crippen LogP contribution in [0.15, 0.2) is 45.2 Å². The molecule has 24 heavy (non-hydrogen) atoms. The number of nitrogens with zero attached hydrogens (tertiary/aromatic N) is 2. The van der Waals surface area contributed by atoms with Crippen molar-refractivity contribution >= 4 is 29.1 Å². The molecule has 2 N–H and O–H groups in total. The fraction of sp³-hybridized carbons (Fsp3) is 0.412. The third-order valence-electron chi connectivity index (χ3n) is 3.74. The molecule has 0 aliphatic carbocycles. The van der Waals surface area contributed by atoms with Crippen LogP contribution in [0.25, 0.3) is 0 Å². The molecular weight excluding hydrogens is 340 g/mol. The van der Waals surface area contributed by atoms with Crippen molar-refractivity contribution in [2.75, 3.05) is 26.0 Å². The fourth-order valence-corrected chi connectivity index (χ4v) is 4.22. The van der Waals surface area contributed by atoms with E-state index in [1.807, 2.05) is 36.8 Å². The highest BCUT2D eigenvalue weighted by Crippen LogP contribution is 2.31. The number of rotatable bonds is 6. The zero-order valence-electron chi connectivity index (χ0n) is 13.7.